The van der Waals surface area contributed by atoms with Crippen LogP contribution in [0, 0.1) is 0 Å². The van der Waals surface area contributed by atoms with Crippen LogP contribution in [0.2, 0.25) is 0 Å². The number of carbonyl (C=O) groups is 2. The van der Waals surface area contributed by atoms with Crippen molar-refractivity contribution in [1.29, 1.82) is 0 Å². The number of pyridine rings is 1. The number of rotatable bonds is 7. The van der Waals surface area contributed by atoms with Crippen LogP contribution in [0.4, 0.5) is 5.69 Å². The molecule has 1 N–H and O–H groups in total. The third-order valence-corrected chi connectivity index (χ3v) is 6.01. The van der Waals surface area contributed by atoms with Crippen LogP contribution in [0.1, 0.15) is 40.0 Å². The lowest BCUT2D eigenvalue weighted by molar-refractivity contribution is 0.0762. The van der Waals surface area contributed by atoms with Gasteiger partial charge in [-0.05, 0) is 55.0 Å². The molecule has 0 bridgehead atoms. The molecular weight excluding hydrogens is 410 g/mol. The molecule has 4 rings (SSSR count). The highest BCUT2D eigenvalue weighted by Crippen LogP contribution is 2.26. The summed E-state index contributed by atoms with van der Waals surface area (Å²) in [5.41, 5.74) is 1.51. The average molecular weight is 434 g/mol. The largest absolute Gasteiger partial charge is 0.451 e. The fourth-order valence-corrected chi connectivity index (χ4v) is 4.08. The van der Waals surface area contributed by atoms with Gasteiger partial charge in [-0.15, -0.1) is 11.3 Å². The zero-order valence-corrected chi connectivity index (χ0v) is 18.2. The van der Waals surface area contributed by atoms with Crippen LogP contribution in [-0.4, -0.2) is 35.3 Å². The van der Waals surface area contributed by atoms with E-state index >= 15 is 0 Å². The van der Waals surface area contributed by atoms with Gasteiger partial charge in [0.15, 0.2) is 5.76 Å². The number of furan rings is 1. The van der Waals surface area contributed by atoms with Crippen molar-refractivity contribution < 1.29 is 14.0 Å². The molecule has 3 aromatic heterocycles. The molecule has 158 valence electrons. The number of amides is 2. The van der Waals surface area contributed by atoms with Crippen LogP contribution in [0.25, 0.3) is 21.5 Å². The lowest BCUT2D eigenvalue weighted by Gasteiger charge is -2.14. The number of thiophene rings is 1. The van der Waals surface area contributed by atoms with Crippen molar-refractivity contribution in [3.63, 3.8) is 0 Å². The Morgan fingerprint density at radius 2 is 1.94 bits per heavy atom. The summed E-state index contributed by atoms with van der Waals surface area (Å²) in [5, 5.41) is 3.86. The summed E-state index contributed by atoms with van der Waals surface area (Å²) in [4.78, 5) is 32.4. The summed E-state index contributed by atoms with van der Waals surface area (Å²) in [7, 11) is 1.78. The van der Waals surface area contributed by atoms with Gasteiger partial charge in [-0.25, -0.2) is 4.98 Å². The van der Waals surface area contributed by atoms with E-state index in [0.29, 0.717) is 28.6 Å². The first kappa shape index (κ1) is 20.8. The zero-order chi connectivity index (χ0) is 21.8. The molecule has 0 saturated carbocycles. The van der Waals surface area contributed by atoms with Gasteiger partial charge in [0.2, 0.25) is 0 Å². The van der Waals surface area contributed by atoms with Gasteiger partial charge >= 0.3 is 0 Å². The highest BCUT2D eigenvalue weighted by atomic mass is 32.1. The SMILES string of the molecule is CCCCN(C)C(=O)c1ccc(-c2ccc(NC(=O)c3cc4cccnc4s3)cc2)o1. The van der Waals surface area contributed by atoms with Crippen molar-refractivity contribution in [1.82, 2.24) is 9.88 Å². The third kappa shape index (κ3) is 4.67. The minimum absolute atomic E-state index is 0.124. The topological polar surface area (TPSA) is 75.4 Å². The number of hydrogen-bond acceptors (Lipinski definition) is 5. The van der Waals surface area contributed by atoms with Crippen molar-refractivity contribution in [3.05, 3.63) is 71.4 Å². The second-order valence-corrected chi connectivity index (χ2v) is 8.31. The highest BCUT2D eigenvalue weighted by Gasteiger charge is 2.16. The lowest BCUT2D eigenvalue weighted by atomic mass is 10.1. The molecule has 2 amide bonds. The van der Waals surface area contributed by atoms with Crippen LogP contribution >= 0.6 is 11.3 Å². The Labute approximate surface area is 184 Å². The van der Waals surface area contributed by atoms with Gasteiger partial charge in [-0.2, -0.15) is 0 Å². The third-order valence-electron chi connectivity index (χ3n) is 4.96. The quantitative estimate of drug-likeness (QED) is 0.407. The van der Waals surface area contributed by atoms with E-state index in [-0.39, 0.29) is 11.8 Å². The van der Waals surface area contributed by atoms with E-state index < -0.39 is 0 Å². The first-order chi connectivity index (χ1) is 15.0. The summed E-state index contributed by atoms with van der Waals surface area (Å²) >= 11 is 1.36. The number of nitrogens with zero attached hydrogens (tertiary/aromatic N) is 2. The van der Waals surface area contributed by atoms with E-state index in [2.05, 4.69) is 17.2 Å². The summed E-state index contributed by atoms with van der Waals surface area (Å²) < 4.78 is 5.77. The number of unbranched alkanes of at least 4 members (excludes halogenated alkanes) is 1. The van der Waals surface area contributed by atoms with Crippen LogP contribution in [-0.2, 0) is 0 Å². The van der Waals surface area contributed by atoms with Gasteiger partial charge in [0.1, 0.15) is 10.6 Å². The Bertz CT molecular complexity index is 1180. The fourth-order valence-electron chi connectivity index (χ4n) is 3.19. The van der Waals surface area contributed by atoms with Crippen LogP contribution in [0.15, 0.2) is 65.2 Å². The van der Waals surface area contributed by atoms with E-state index in [1.807, 2.05) is 42.5 Å². The number of benzene rings is 1. The Morgan fingerprint density at radius 3 is 2.68 bits per heavy atom. The summed E-state index contributed by atoms with van der Waals surface area (Å²) in [6.07, 6.45) is 3.71. The smallest absolute Gasteiger partial charge is 0.289 e. The van der Waals surface area contributed by atoms with Crippen molar-refractivity contribution in [2.45, 2.75) is 19.8 Å². The molecule has 7 heteroatoms. The molecule has 0 saturated heterocycles. The molecule has 0 spiro atoms. The normalized spacial score (nSPS) is 10.9. The Kier molecular flexibility index (Phi) is 6.13. The number of aromatic nitrogens is 1. The lowest BCUT2D eigenvalue weighted by Crippen LogP contribution is -2.27. The molecule has 6 nitrogen and oxygen atoms in total. The standard InChI is InChI=1S/C24H23N3O3S/c1-3-4-14-27(2)24(29)20-12-11-19(30-20)16-7-9-18(10-8-16)26-22(28)21-15-17-6-5-13-25-23(17)31-21/h5-13,15H,3-4,14H2,1-2H3,(H,26,28). The maximum atomic E-state index is 12.6. The van der Waals surface area contributed by atoms with Gasteiger partial charge in [-0.1, -0.05) is 19.4 Å². The van der Waals surface area contributed by atoms with Gasteiger partial charge in [0, 0.05) is 36.4 Å². The van der Waals surface area contributed by atoms with Gasteiger partial charge in [0.25, 0.3) is 11.8 Å². The monoisotopic (exact) mass is 433 g/mol. The molecule has 1 aromatic carbocycles. The minimum Gasteiger partial charge on any atom is -0.451 e. The van der Waals surface area contributed by atoms with E-state index in [0.717, 1.165) is 28.6 Å². The van der Waals surface area contributed by atoms with Crippen molar-refractivity contribution in [2.75, 3.05) is 18.9 Å². The van der Waals surface area contributed by atoms with Crippen LogP contribution in [0.5, 0.6) is 0 Å². The molecule has 31 heavy (non-hydrogen) atoms. The molecule has 3 heterocycles. The molecule has 0 unspecified atom stereocenters. The summed E-state index contributed by atoms with van der Waals surface area (Å²) in [5.74, 6) is 0.642. The van der Waals surface area contributed by atoms with Gasteiger partial charge in [0.05, 0.1) is 4.88 Å². The van der Waals surface area contributed by atoms with Crippen LogP contribution in [0.3, 0.4) is 0 Å². The Hall–Kier alpha value is -3.45. The Balaban J connectivity index is 1.43. The molecule has 4 aromatic rings. The van der Waals surface area contributed by atoms with Gasteiger partial charge in [-0.3, -0.25) is 9.59 Å². The number of hydrogen-bond donors (Lipinski definition) is 1. The molecule has 0 aliphatic rings. The molecule has 0 atom stereocenters. The zero-order valence-electron chi connectivity index (χ0n) is 17.4. The van der Waals surface area contributed by atoms with Crippen molar-refractivity contribution >= 4 is 39.1 Å². The summed E-state index contributed by atoms with van der Waals surface area (Å²) in [6.45, 7) is 2.80. The fraction of sp³-hybridized carbons (Fsp3) is 0.208. The average Bonchev–Trinajstić information content (AvgIpc) is 3.45. The maximum Gasteiger partial charge on any atom is 0.289 e. The number of carbonyl (C=O) groups excluding carboxylic acids is 2. The van der Waals surface area contributed by atoms with E-state index in [4.69, 9.17) is 4.42 Å². The molecular formula is C24H23N3O3S. The van der Waals surface area contributed by atoms with Gasteiger partial charge < -0.3 is 14.6 Å². The van der Waals surface area contributed by atoms with Crippen LogP contribution < -0.4 is 5.32 Å². The number of nitrogens with one attached hydrogen (secondary N) is 1. The molecule has 0 aliphatic heterocycles. The molecule has 0 aliphatic carbocycles. The predicted octanol–water partition coefficient (Wildman–Crippen LogP) is 5.68. The van der Waals surface area contributed by atoms with E-state index in [9.17, 15) is 9.59 Å². The van der Waals surface area contributed by atoms with E-state index in [1.54, 1.807) is 30.3 Å². The first-order valence-electron chi connectivity index (χ1n) is 10.2. The predicted molar refractivity (Wildman–Crippen MR) is 124 cm³/mol. The minimum atomic E-state index is -0.170. The first-order valence-corrected chi connectivity index (χ1v) is 11.0. The second kappa shape index (κ2) is 9.14. The van der Waals surface area contributed by atoms with E-state index in [1.165, 1.54) is 11.3 Å². The molecule has 0 fully saturated rings. The molecule has 0 radical (unpaired) electrons. The highest BCUT2D eigenvalue weighted by molar-refractivity contribution is 7.20. The summed E-state index contributed by atoms with van der Waals surface area (Å²) in [6, 6.07) is 16.5. The second-order valence-electron chi connectivity index (χ2n) is 7.28. The number of fused-ring (bicyclic) bond motifs is 1. The Morgan fingerprint density at radius 1 is 1.13 bits per heavy atom. The maximum absolute atomic E-state index is 12.6. The number of anilines is 1. The van der Waals surface area contributed by atoms with Crippen molar-refractivity contribution in [2.24, 2.45) is 0 Å². The van der Waals surface area contributed by atoms with Crippen molar-refractivity contribution in [3.8, 4) is 11.3 Å².